The van der Waals surface area contributed by atoms with Gasteiger partial charge in [0, 0.05) is 33.6 Å². The van der Waals surface area contributed by atoms with Gasteiger partial charge in [-0.25, -0.2) is 4.99 Å². The van der Waals surface area contributed by atoms with Crippen molar-refractivity contribution in [3.05, 3.63) is 35.4 Å². The first-order valence-electron chi connectivity index (χ1n) is 9.43. The van der Waals surface area contributed by atoms with E-state index in [1.807, 2.05) is 23.9 Å². The van der Waals surface area contributed by atoms with Gasteiger partial charge < -0.3 is 9.80 Å². The Balaban J connectivity index is 1.38. The van der Waals surface area contributed by atoms with E-state index in [4.69, 9.17) is 0 Å². The molecule has 1 atom stereocenters. The Labute approximate surface area is 154 Å². The van der Waals surface area contributed by atoms with Crippen LogP contribution in [0.4, 0.5) is 0 Å². The molecular weight excluding hydrogens is 328 g/mol. The van der Waals surface area contributed by atoms with E-state index in [9.17, 15) is 9.59 Å². The van der Waals surface area contributed by atoms with E-state index < -0.39 is 5.54 Å². The Kier molecular flexibility index (Phi) is 4.21. The van der Waals surface area contributed by atoms with Crippen molar-refractivity contribution in [3.63, 3.8) is 0 Å². The number of guanidine groups is 1. The Morgan fingerprint density at radius 2 is 2.04 bits per heavy atom. The van der Waals surface area contributed by atoms with Crippen LogP contribution in [0.5, 0.6) is 0 Å². The van der Waals surface area contributed by atoms with Crippen LogP contribution in [-0.4, -0.2) is 60.3 Å². The third-order valence-electron chi connectivity index (χ3n) is 6.01. The van der Waals surface area contributed by atoms with Crippen molar-refractivity contribution in [2.45, 2.75) is 43.6 Å². The van der Waals surface area contributed by atoms with Crippen molar-refractivity contribution in [1.82, 2.24) is 15.1 Å². The van der Waals surface area contributed by atoms with Gasteiger partial charge in [0.2, 0.25) is 11.9 Å². The SMILES string of the molecule is CN(C)C1=NC2(CCN(C(=O)C[C@@H]3CCc4ccccc43)CC2)C(=O)N1. The lowest BCUT2D eigenvalue weighted by molar-refractivity contribution is -0.135. The van der Waals surface area contributed by atoms with Crippen LogP contribution >= 0.6 is 0 Å². The zero-order valence-corrected chi connectivity index (χ0v) is 15.5. The summed E-state index contributed by atoms with van der Waals surface area (Å²) < 4.78 is 0. The fourth-order valence-electron chi connectivity index (χ4n) is 4.37. The normalized spacial score (nSPS) is 23.6. The summed E-state index contributed by atoms with van der Waals surface area (Å²) in [6.07, 6.45) is 3.90. The number of likely N-dealkylation sites (tertiary alicyclic amines) is 1. The second-order valence-electron chi connectivity index (χ2n) is 7.83. The molecule has 3 aliphatic rings. The van der Waals surface area contributed by atoms with Crippen LogP contribution in [0.1, 0.15) is 42.7 Å². The maximum atomic E-state index is 12.8. The number of piperidine rings is 1. The second-order valence-corrected chi connectivity index (χ2v) is 7.83. The lowest BCUT2D eigenvalue weighted by Crippen LogP contribution is -2.50. The maximum absolute atomic E-state index is 12.8. The molecule has 138 valence electrons. The molecule has 2 aliphatic heterocycles. The molecule has 6 nitrogen and oxygen atoms in total. The number of aliphatic imine (C=N–C) groups is 1. The lowest BCUT2D eigenvalue weighted by Gasteiger charge is -2.36. The largest absolute Gasteiger partial charge is 0.349 e. The fraction of sp³-hybridized carbons (Fsp3) is 0.550. The molecule has 0 saturated carbocycles. The van der Waals surface area contributed by atoms with Crippen molar-refractivity contribution in [2.24, 2.45) is 4.99 Å². The molecule has 1 saturated heterocycles. The molecule has 6 heteroatoms. The van der Waals surface area contributed by atoms with Gasteiger partial charge in [-0.15, -0.1) is 0 Å². The standard InChI is InChI=1S/C20H26N4O2/c1-23(2)19-21-18(26)20(22-19)9-11-24(12-10-20)17(25)13-15-8-7-14-5-3-4-6-16(14)15/h3-6,15H,7-13H2,1-2H3,(H,21,22,26)/t15-/m0/s1. The molecule has 2 amide bonds. The summed E-state index contributed by atoms with van der Waals surface area (Å²) in [5.41, 5.74) is 2.04. The molecule has 4 rings (SSSR count). The highest BCUT2D eigenvalue weighted by Crippen LogP contribution is 2.36. The van der Waals surface area contributed by atoms with Gasteiger partial charge in [0.1, 0.15) is 5.54 Å². The summed E-state index contributed by atoms with van der Waals surface area (Å²) in [6.45, 7) is 1.20. The number of nitrogens with zero attached hydrogens (tertiary/aromatic N) is 3. The third kappa shape index (κ3) is 2.87. The molecule has 1 N–H and O–H groups in total. The molecule has 26 heavy (non-hydrogen) atoms. The number of hydrogen-bond acceptors (Lipinski definition) is 4. The van der Waals surface area contributed by atoms with Gasteiger partial charge in [0.05, 0.1) is 0 Å². The molecule has 0 bridgehead atoms. The molecule has 1 spiro atoms. The Hall–Kier alpha value is -2.37. The summed E-state index contributed by atoms with van der Waals surface area (Å²) in [7, 11) is 3.74. The Morgan fingerprint density at radius 3 is 2.73 bits per heavy atom. The smallest absolute Gasteiger partial charge is 0.254 e. The van der Waals surface area contributed by atoms with E-state index in [2.05, 4.69) is 34.6 Å². The van der Waals surface area contributed by atoms with E-state index >= 15 is 0 Å². The topological polar surface area (TPSA) is 65.0 Å². The van der Waals surface area contributed by atoms with Crippen LogP contribution in [-0.2, 0) is 16.0 Å². The Bertz CT molecular complexity index is 763. The number of nitrogens with one attached hydrogen (secondary N) is 1. The van der Waals surface area contributed by atoms with Crippen molar-refractivity contribution in [1.29, 1.82) is 0 Å². The average Bonchev–Trinajstić information content (AvgIpc) is 3.18. The van der Waals surface area contributed by atoms with Gasteiger partial charge in [0.25, 0.3) is 5.91 Å². The summed E-state index contributed by atoms with van der Waals surface area (Å²) in [5, 5.41) is 2.86. The maximum Gasteiger partial charge on any atom is 0.254 e. The van der Waals surface area contributed by atoms with E-state index in [-0.39, 0.29) is 11.8 Å². The van der Waals surface area contributed by atoms with Crippen LogP contribution < -0.4 is 5.32 Å². The second kappa shape index (κ2) is 6.41. The predicted octanol–water partition coefficient (Wildman–Crippen LogP) is 1.52. The van der Waals surface area contributed by atoms with Crippen molar-refractivity contribution >= 4 is 17.8 Å². The van der Waals surface area contributed by atoms with Crippen LogP contribution in [0.15, 0.2) is 29.3 Å². The minimum Gasteiger partial charge on any atom is -0.349 e. The molecule has 0 radical (unpaired) electrons. The number of carbonyl (C=O) groups excluding carboxylic acids is 2. The van der Waals surface area contributed by atoms with E-state index in [1.165, 1.54) is 11.1 Å². The summed E-state index contributed by atoms with van der Waals surface area (Å²) >= 11 is 0. The molecular formula is C20H26N4O2. The number of amides is 2. The van der Waals surface area contributed by atoms with E-state index in [1.54, 1.807) is 0 Å². The molecule has 1 aromatic rings. The molecule has 1 aromatic carbocycles. The van der Waals surface area contributed by atoms with Gasteiger partial charge in [-0.05, 0) is 42.7 Å². The molecule has 1 aliphatic carbocycles. The molecule has 2 heterocycles. The van der Waals surface area contributed by atoms with Crippen molar-refractivity contribution in [3.8, 4) is 0 Å². The zero-order chi connectivity index (χ0) is 18.3. The first-order chi connectivity index (χ1) is 12.5. The summed E-state index contributed by atoms with van der Waals surface area (Å²) in [4.78, 5) is 33.6. The van der Waals surface area contributed by atoms with Gasteiger partial charge in [-0.3, -0.25) is 14.9 Å². The van der Waals surface area contributed by atoms with Gasteiger partial charge in [-0.1, -0.05) is 24.3 Å². The van der Waals surface area contributed by atoms with Crippen LogP contribution in [0.25, 0.3) is 0 Å². The monoisotopic (exact) mass is 354 g/mol. The first kappa shape index (κ1) is 17.1. The number of carbonyl (C=O) groups is 2. The van der Waals surface area contributed by atoms with Crippen LogP contribution in [0.2, 0.25) is 0 Å². The lowest BCUT2D eigenvalue weighted by atomic mass is 9.87. The number of fused-ring (bicyclic) bond motifs is 1. The summed E-state index contributed by atoms with van der Waals surface area (Å²) in [5.74, 6) is 1.13. The summed E-state index contributed by atoms with van der Waals surface area (Å²) in [6, 6.07) is 8.46. The fourth-order valence-corrected chi connectivity index (χ4v) is 4.37. The quantitative estimate of drug-likeness (QED) is 0.876. The first-order valence-corrected chi connectivity index (χ1v) is 9.43. The minimum atomic E-state index is -0.684. The predicted molar refractivity (Wildman–Crippen MR) is 99.9 cm³/mol. The number of benzene rings is 1. The highest BCUT2D eigenvalue weighted by Gasteiger charge is 2.47. The minimum absolute atomic E-state index is 0.0296. The average molecular weight is 354 g/mol. The van der Waals surface area contributed by atoms with Crippen molar-refractivity contribution in [2.75, 3.05) is 27.2 Å². The molecule has 0 aromatic heterocycles. The van der Waals surface area contributed by atoms with Crippen LogP contribution in [0, 0.1) is 0 Å². The number of rotatable bonds is 2. The van der Waals surface area contributed by atoms with Gasteiger partial charge in [0.15, 0.2) is 0 Å². The van der Waals surface area contributed by atoms with Gasteiger partial charge >= 0.3 is 0 Å². The molecule has 0 unspecified atom stereocenters. The van der Waals surface area contributed by atoms with E-state index in [0.717, 1.165) is 12.8 Å². The highest BCUT2D eigenvalue weighted by atomic mass is 16.2. The number of hydrogen-bond donors (Lipinski definition) is 1. The Morgan fingerprint density at radius 1 is 1.31 bits per heavy atom. The molecule has 1 fully saturated rings. The van der Waals surface area contributed by atoms with E-state index in [0.29, 0.717) is 44.2 Å². The highest BCUT2D eigenvalue weighted by molar-refractivity contribution is 6.07. The number of aryl methyl sites for hydroxylation is 1. The van der Waals surface area contributed by atoms with Crippen molar-refractivity contribution < 1.29 is 9.59 Å². The van der Waals surface area contributed by atoms with Crippen LogP contribution in [0.3, 0.4) is 0 Å². The van der Waals surface area contributed by atoms with Gasteiger partial charge in [-0.2, -0.15) is 0 Å². The third-order valence-corrected chi connectivity index (χ3v) is 6.01. The zero-order valence-electron chi connectivity index (χ0n) is 15.5.